The monoisotopic (exact) mass is 494 g/mol. The predicted octanol–water partition coefficient (Wildman–Crippen LogP) is 6.23. The molecule has 8 nitrogen and oxygen atoms in total. The molecule has 33 heavy (non-hydrogen) atoms. The Morgan fingerprint density at radius 2 is 1.27 bits per heavy atom. The molecule has 0 N–H and O–H groups in total. The lowest BCUT2D eigenvalue weighted by molar-refractivity contribution is -0.319. The maximum absolute atomic E-state index is 14.6. The van der Waals surface area contributed by atoms with Crippen LogP contribution in [0.4, 0.5) is 0 Å². The van der Waals surface area contributed by atoms with E-state index >= 15 is 0 Å². The number of hydrogen-bond acceptors (Lipinski definition) is 8. The molecular formula is C24H47O8P. The Morgan fingerprint density at radius 3 is 1.64 bits per heavy atom. The second-order valence-corrected chi connectivity index (χ2v) is 9.97. The van der Waals surface area contributed by atoms with Crippen LogP contribution in [-0.4, -0.2) is 56.7 Å². The molecule has 2 unspecified atom stereocenters. The standard InChI is InChI=1S/C24H47O8P/c1-9-15-27-23(28-16-10-2)24(29-17-11-3,30-18-12-4)33(26,31-19-13-5)32-21(14-6)22(25)20(7)8/h21,23H,7,9-19H2,1-6,8H3. The van der Waals surface area contributed by atoms with E-state index < -0.39 is 25.5 Å². The van der Waals surface area contributed by atoms with Crippen LogP contribution in [0.15, 0.2) is 12.2 Å². The number of ether oxygens (including phenoxy) is 4. The average molecular weight is 495 g/mol. The minimum absolute atomic E-state index is 0.121. The van der Waals surface area contributed by atoms with Gasteiger partial charge in [0.1, 0.15) is 6.10 Å². The van der Waals surface area contributed by atoms with Crippen LogP contribution in [0.2, 0.25) is 0 Å². The van der Waals surface area contributed by atoms with Gasteiger partial charge >= 0.3 is 13.1 Å². The SMILES string of the molecule is C=C(C)C(=O)C(CC)OP(=O)(OCCC)C(OCCC)(OCCC)C(OCCC)OCCC. The summed E-state index contributed by atoms with van der Waals surface area (Å²) in [5.74, 6) is -0.349. The smallest absolute Gasteiger partial charge is 0.347 e. The van der Waals surface area contributed by atoms with Gasteiger partial charge in [0, 0.05) is 13.2 Å². The first-order valence-corrected chi connectivity index (χ1v) is 13.9. The average Bonchev–Trinajstić information content (AvgIpc) is 2.81. The first-order valence-electron chi connectivity index (χ1n) is 12.4. The highest BCUT2D eigenvalue weighted by atomic mass is 31.2. The van der Waals surface area contributed by atoms with Crippen molar-refractivity contribution >= 4 is 13.4 Å². The van der Waals surface area contributed by atoms with Gasteiger partial charge in [0.15, 0.2) is 5.78 Å². The van der Waals surface area contributed by atoms with Crippen LogP contribution >= 0.6 is 7.60 Å². The molecule has 0 fully saturated rings. The van der Waals surface area contributed by atoms with Crippen molar-refractivity contribution in [3.63, 3.8) is 0 Å². The highest BCUT2D eigenvalue weighted by Gasteiger charge is 2.62. The molecule has 0 spiro atoms. The van der Waals surface area contributed by atoms with E-state index in [0.717, 1.165) is 0 Å². The molecule has 0 aromatic heterocycles. The van der Waals surface area contributed by atoms with E-state index in [1.807, 2.05) is 34.6 Å². The Kier molecular flexibility index (Phi) is 17.5. The molecule has 0 aliphatic rings. The van der Waals surface area contributed by atoms with Gasteiger partial charge in [0.25, 0.3) is 0 Å². The largest absolute Gasteiger partial charge is 0.396 e. The first-order chi connectivity index (χ1) is 15.7. The fourth-order valence-corrected chi connectivity index (χ4v) is 5.12. The maximum atomic E-state index is 14.6. The van der Waals surface area contributed by atoms with E-state index in [4.69, 9.17) is 28.0 Å². The van der Waals surface area contributed by atoms with E-state index in [1.54, 1.807) is 13.8 Å². The summed E-state index contributed by atoms with van der Waals surface area (Å²) in [6.45, 7) is 18.0. The van der Waals surface area contributed by atoms with E-state index in [1.165, 1.54) is 0 Å². The van der Waals surface area contributed by atoms with Gasteiger partial charge in [-0.1, -0.05) is 48.1 Å². The van der Waals surface area contributed by atoms with Crippen LogP contribution in [0, 0.1) is 0 Å². The molecule has 196 valence electrons. The van der Waals surface area contributed by atoms with Gasteiger partial charge in [0.05, 0.1) is 19.8 Å². The van der Waals surface area contributed by atoms with Crippen molar-refractivity contribution in [1.29, 1.82) is 0 Å². The maximum Gasteiger partial charge on any atom is 0.396 e. The van der Waals surface area contributed by atoms with E-state index in [0.29, 0.717) is 50.9 Å². The summed E-state index contributed by atoms with van der Waals surface area (Å²) in [4.78, 5) is 12.7. The minimum atomic E-state index is -4.30. The zero-order valence-electron chi connectivity index (χ0n) is 21.9. The molecule has 0 radical (unpaired) electrons. The summed E-state index contributed by atoms with van der Waals surface area (Å²) < 4.78 is 50.9. The normalized spacial score (nSPS) is 14.9. The van der Waals surface area contributed by atoms with Crippen molar-refractivity contribution in [2.24, 2.45) is 0 Å². The third-order valence-electron chi connectivity index (χ3n) is 4.47. The van der Waals surface area contributed by atoms with Crippen molar-refractivity contribution in [3.05, 3.63) is 12.2 Å². The van der Waals surface area contributed by atoms with Crippen LogP contribution in [-0.2, 0) is 37.4 Å². The molecule has 0 heterocycles. The molecule has 0 aliphatic heterocycles. The second-order valence-electron chi connectivity index (χ2n) is 7.88. The van der Waals surface area contributed by atoms with Crippen molar-refractivity contribution < 1.29 is 37.4 Å². The molecule has 0 saturated carbocycles. The zero-order chi connectivity index (χ0) is 25.3. The lowest BCUT2D eigenvalue weighted by Crippen LogP contribution is -2.52. The summed E-state index contributed by atoms with van der Waals surface area (Å²) in [5.41, 5.74) is -1.68. The number of carbonyl (C=O) groups excluding carboxylic acids is 1. The van der Waals surface area contributed by atoms with Crippen LogP contribution in [0.25, 0.3) is 0 Å². The third kappa shape index (κ3) is 9.88. The van der Waals surface area contributed by atoms with Crippen LogP contribution < -0.4 is 0 Å². The van der Waals surface area contributed by atoms with Crippen LogP contribution in [0.3, 0.4) is 0 Å². The molecule has 0 aromatic carbocycles. The Morgan fingerprint density at radius 1 is 0.818 bits per heavy atom. The summed E-state index contributed by atoms with van der Waals surface area (Å²) in [6, 6.07) is 0. The molecule has 2 atom stereocenters. The van der Waals surface area contributed by atoms with Crippen LogP contribution in [0.5, 0.6) is 0 Å². The fraction of sp³-hybridized carbons (Fsp3) is 0.875. The van der Waals surface area contributed by atoms with E-state index in [9.17, 15) is 9.36 Å². The van der Waals surface area contributed by atoms with Crippen molar-refractivity contribution in [2.45, 2.75) is 105 Å². The molecule has 0 bridgehead atoms. The highest BCUT2D eigenvalue weighted by molar-refractivity contribution is 7.55. The molecule has 9 heteroatoms. The summed E-state index contributed by atoms with van der Waals surface area (Å²) in [6.07, 6.45) is 1.31. The number of ketones is 1. The van der Waals surface area contributed by atoms with Gasteiger partial charge in [-0.05, 0) is 51.0 Å². The summed E-state index contributed by atoms with van der Waals surface area (Å²) >= 11 is 0. The van der Waals surface area contributed by atoms with Crippen molar-refractivity contribution in [1.82, 2.24) is 0 Å². The number of carbonyl (C=O) groups is 1. The third-order valence-corrected chi connectivity index (χ3v) is 6.75. The van der Waals surface area contributed by atoms with E-state index in [2.05, 4.69) is 6.58 Å². The van der Waals surface area contributed by atoms with Crippen LogP contribution in [0.1, 0.15) is 87.0 Å². The summed E-state index contributed by atoms with van der Waals surface area (Å²) in [7, 11) is -4.30. The topological polar surface area (TPSA) is 89.5 Å². The lowest BCUT2D eigenvalue weighted by atomic mass is 10.1. The highest BCUT2D eigenvalue weighted by Crippen LogP contribution is 2.64. The quantitative estimate of drug-likeness (QED) is 0.0993. The van der Waals surface area contributed by atoms with Gasteiger partial charge in [-0.2, -0.15) is 0 Å². The van der Waals surface area contributed by atoms with Gasteiger partial charge < -0.3 is 23.5 Å². The molecule has 0 rings (SSSR count). The molecule has 0 aliphatic carbocycles. The number of Topliss-reactive ketones (excluding diaryl/α,β-unsaturated/α-hetero) is 1. The van der Waals surface area contributed by atoms with Gasteiger partial charge in [-0.25, -0.2) is 0 Å². The van der Waals surface area contributed by atoms with Gasteiger partial charge in [-0.3, -0.25) is 13.9 Å². The number of hydrogen-bond donors (Lipinski definition) is 0. The number of rotatable bonds is 22. The van der Waals surface area contributed by atoms with E-state index in [-0.39, 0.29) is 32.0 Å². The Labute approximate surface area is 201 Å². The second kappa shape index (κ2) is 17.8. The van der Waals surface area contributed by atoms with Crippen molar-refractivity contribution in [2.75, 3.05) is 33.0 Å². The van der Waals surface area contributed by atoms with Gasteiger partial charge in [-0.15, -0.1) is 0 Å². The molecule has 0 saturated heterocycles. The lowest BCUT2D eigenvalue weighted by Gasteiger charge is -2.43. The molecular weight excluding hydrogens is 447 g/mol. The Hall–Kier alpha value is -0.600. The Bertz CT molecular complexity index is 579. The molecule has 0 amide bonds. The first kappa shape index (κ1) is 32.4. The predicted molar refractivity (Wildman–Crippen MR) is 130 cm³/mol. The zero-order valence-corrected chi connectivity index (χ0v) is 22.7. The fourth-order valence-electron chi connectivity index (χ4n) is 2.83. The molecule has 0 aromatic rings. The minimum Gasteiger partial charge on any atom is -0.347 e. The Balaban J connectivity index is 6.74. The van der Waals surface area contributed by atoms with Crippen molar-refractivity contribution in [3.8, 4) is 0 Å². The van der Waals surface area contributed by atoms with Gasteiger partial charge in [0.2, 0.25) is 6.29 Å². The summed E-state index contributed by atoms with van der Waals surface area (Å²) in [5, 5.41) is 0.